The number of hydrogen-bond acceptors (Lipinski definition) is 4. The predicted molar refractivity (Wildman–Crippen MR) is 114 cm³/mol. The first-order valence-corrected chi connectivity index (χ1v) is 10.6. The van der Waals surface area contributed by atoms with Gasteiger partial charge in [-0.3, -0.25) is 4.79 Å². The molecule has 154 valence electrons. The van der Waals surface area contributed by atoms with Crippen LogP contribution in [0.4, 0.5) is 11.4 Å². The number of hydrogen-bond donors (Lipinski definition) is 1. The molecule has 7 nitrogen and oxygen atoms in total. The molecule has 8 heteroatoms. The lowest BCUT2D eigenvalue weighted by Gasteiger charge is -2.20. The van der Waals surface area contributed by atoms with Crippen LogP contribution in [0, 0.1) is 13.8 Å². The third kappa shape index (κ3) is 4.07. The van der Waals surface area contributed by atoms with E-state index in [-0.39, 0.29) is 16.8 Å². The van der Waals surface area contributed by atoms with E-state index in [1.165, 1.54) is 20.2 Å². The highest BCUT2D eigenvalue weighted by Crippen LogP contribution is 2.30. The standard InChI is InChI=1S/C20H30N4O3S/c1-13(2)24-14(3)11-17(15(24)4)20(25)21-18-12-16(28(26,27)23(7)8)9-10-19(18)22(5)6/h9-13H,1-8H3,(H,21,25). The highest BCUT2D eigenvalue weighted by Gasteiger charge is 2.22. The summed E-state index contributed by atoms with van der Waals surface area (Å²) in [5, 5.41) is 2.90. The van der Waals surface area contributed by atoms with Crippen molar-refractivity contribution in [3.63, 3.8) is 0 Å². The molecule has 0 aliphatic carbocycles. The average molecular weight is 407 g/mol. The lowest BCUT2D eigenvalue weighted by atomic mass is 10.2. The van der Waals surface area contributed by atoms with Gasteiger partial charge in [0.25, 0.3) is 5.91 Å². The summed E-state index contributed by atoms with van der Waals surface area (Å²) in [7, 11) is 3.04. The number of sulfonamides is 1. The van der Waals surface area contributed by atoms with Crippen molar-refractivity contribution in [1.82, 2.24) is 8.87 Å². The minimum absolute atomic E-state index is 0.131. The molecule has 28 heavy (non-hydrogen) atoms. The Kier molecular flexibility index (Phi) is 6.25. The molecular formula is C20H30N4O3S. The monoisotopic (exact) mass is 406 g/mol. The van der Waals surface area contributed by atoms with Gasteiger partial charge in [-0.05, 0) is 52.0 Å². The number of aromatic nitrogens is 1. The zero-order valence-corrected chi connectivity index (χ0v) is 18.7. The SMILES string of the molecule is Cc1cc(C(=O)Nc2cc(S(=O)(=O)N(C)C)ccc2N(C)C)c(C)n1C(C)C. The minimum Gasteiger partial charge on any atom is -0.376 e. The first-order valence-electron chi connectivity index (χ1n) is 9.11. The van der Waals surface area contributed by atoms with Crippen LogP contribution in [0.1, 0.15) is 41.6 Å². The number of rotatable bonds is 6. The lowest BCUT2D eigenvalue weighted by Crippen LogP contribution is -2.23. The summed E-state index contributed by atoms with van der Waals surface area (Å²) in [6, 6.07) is 6.85. The van der Waals surface area contributed by atoms with Crippen LogP contribution in [-0.2, 0) is 10.0 Å². The van der Waals surface area contributed by atoms with Gasteiger partial charge in [0.15, 0.2) is 0 Å². The Morgan fingerprint density at radius 3 is 2.14 bits per heavy atom. The first-order chi connectivity index (χ1) is 12.9. The molecule has 2 rings (SSSR count). The number of aryl methyl sites for hydroxylation is 1. The van der Waals surface area contributed by atoms with E-state index in [1.807, 2.05) is 38.9 Å². The molecule has 1 aromatic heterocycles. The lowest BCUT2D eigenvalue weighted by molar-refractivity contribution is 0.102. The second-order valence-electron chi connectivity index (χ2n) is 7.56. The largest absolute Gasteiger partial charge is 0.376 e. The number of carbonyl (C=O) groups excluding carboxylic acids is 1. The minimum atomic E-state index is -3.60. The Labute approximate surface area is 168 Å². The van der Waals surface area contributed by atoms with Crippen LogP contribution in [0.2, 0.25) is 0 Å². The number of benzene rings is 1. The predicted octanol–water partition coefficient (Wildman–Crippen LogP) is 3.25. The van der Waals surface area contributed by atoms with E-state index >= 15 is 0 Å². The Hall–Kier alpha value is -2.32. The van der Waals surface area contributed by atoms with Crippen molar-refractivity contribution in [2.45, 2.75) is 38.6 Å². The normalized spacial score (nSPS) is 11.9. The first kappa shape index (κ1) is 22.0. The summed E-state index contributed by atoms with van der Waals surface area (Å²) >= 11 is 0. The fourth-order valence-electron chi connectivity index (χ4n) is 3.37. The van der Waals surface area contributed by atoms with Crippen LogP contribution in [0.3, 0.4) is 0 Å². The molecule has 0 bridgehead atoms. The summed E-state index contributed by atoms with van der Waals surface area (Å²) in [5.74, 6) is -0.262. The molecule has 0 saturated carbocycles. The van der Waals surface area contributed by atoms with Gasteiger partial charge >= 0.3 is 0 Å². The van der Waals surface area contributed by atoms with Crippen molar-refractivity contribution in [3.8, 4) is 0 Å². The topological polar surface area (TPSA) is 74.7 Å². The molecule has 1 heterocycles. The number of carbonyl (C=O) groups is 1. The third-order valence-electron chi connectivity index (χ3n) is 4.72. The smallest absolute Gasteiger partial charge is 0.257 e. The van der Waals surface area contributed by atoms with Gasteiger partial charge in [0.1, 0.15) is 0 Å². The van der Waals surface area contributed by atoms with Gasteiger partial charge in [0.2, 0.25) is 10.0 Å². The van der Waals surface area contributed by atoms with Gasteiger partial charge in [-0.15, -0.1) is 0 Å². The maximum absolute atomic E-state index is 13.0. The van der Waals surface area contributed by atoms with Crippen molar-refractivity contribution >= 4 is 27.3 Å². The summed E-state index contributed by atoms with van der Waals surface area (Å²) in [5.41, 5.74) is 3.65. The number of nitrogens with one attached hydrogen (secondary N) is 1. The van der Waals surface area contributed by atoms with E-state index in [2.05, 4.69) is 23.7 Å². The highest BCUT2D eigenvalue weighted by molar-refractivity contribution is 7.89. The van der Waals surface area contributed by atoms with E-state index in [0.717, 1.165) is 21.4 Å². The molecule has 1 amide bonds. The third-order valence-corrected chi connectivity index (χ3v) is 6.53. The Bertz CT molecular complexity index is 989. The highest BCUT2D eigenvalue weighted by atomic mass is 32.2. The molecule has 1 aromatic carbocycles. The van der Waals surface area contributed by atoms with Gasteiger partial charge in [-0.1, -0.05) is 0 Å². The average Bonchev–Trinajstić information content (AvgIpc) is 2.88. The van der Waals surface area contributed by atoms with E-state index in [4.69, 9.17) is 0 Å². The van der Waals surface area contributed by atoms with Crippen LogP contribution in [-0.4, -0.2) is 51.4 Å². The van der Waals surface area contributed by atoms with E-state index in [0.29, 0.717) is 11.3 Å². The zero-order chi connectivity index (χ0) is 21.4. The van der Waals surface area contributed by atoms with Gasteiger partial charge in [0, 0.05) is 45.6 Å². The summed E-state index contributed by atoms with van der Waals surface area (Å²) < 4.78 is 28.2. The van der Waals surface area contributed by atoms with Gasteiger partial charge in [0.05, 0.1) is 21.8 Å². The zero-order valence-electron chi connectivity index (χ0n) is 17.9. The molecular weight excluding hydrogens is 376 g/mol. The van der Waals surface area contributed by atoms with Crippen molar-refractivity contribution in [1.29, 1.82) is 0 Å². The van der Waals surface area contributed by atoms with Gasteiger partial charge in [-0.2, -0.15) is 0 Å². The van der Waals surface area contributed by atoms with Crippen molar-refractivity contribution < 1.29 is 13.2 Å². The molecule has 0 spiro atoms. The fraction of sp³-hybridized carbons (Fsp3) is 0.450. The van der Waals surface area contributed by atoms with Crippen LogP contribution in [0.5, 0.6) is 0 Å². The quantitative estimate of drug-likeness (QED) is 0.799. The Morgan fingerprint density at radius 1 is 1.07 bits per heavy atom. The van der Waals surface area contributed by atoms with Crippen LogP contribution in [0.15, 0.2) is 29.2 Å². The van der Waals surface area contributed by atoms with E-state index in [1.54, 1.807) is 12.1 Å². The molecule has 0 saturated heterocycles. The van der Waals surface area contributed by atoms with Crippen LogP contribution >= 0.6 is 0 Å². The van der Waals surface area contributed by atoms with Crippen molar-refractivity contribution in [2.24, 2.45) is 0 Å². The summed E-state index contributed by atoms with van der Waals surface area (Å²) in [4.78, 5) is 15.0. The summed E-state index contributed by atoms with van der Waals surface area (Å²) in [6.07, 6.45) is 0. The fourth-order valence-corrected chi connectivity index (χ4v) is 4.30. The Morgan fingerprint density at radius 2 is 1.68 bits per heavy atom. The molecule has 0 aliphatic rings. The number of amides is 1. The molecule has 0 radical (unpaired) electrons. The molecule has 0 aliphatic heterocycles. The second-order valence-corrected chi connectivity index (χ2v) is 9.72. The Balaban J connectivity index is 2.50. The maximum Gasteiger partial charge on any atom is 0.257 e. The van der Waals surface area contributed by atoms with Crippen LogP contribution in [0.25, 0.3) is 0 Å². The second kappa shape index (κ2) is 7.97. The maximum atomic E-state index is 13.0. The van der Waals surface area contributed by atoms with Crippen molar-refractivity contribution in [3.05, 3.63) is 41.2 Å². The van der Waals surface area contributed by atoms with Gasteiger partial charge < -0.3 is 14.8 Å². The van der Waals surface area contributed by atoms with Gasteiger partial charge in [-0.25, -0.2) is 12.7 Å². The molecule has 1 N–H and O–H groups in total. The molecule has 0 atom stereocenters. The summed E-state index contributed by atoms with van der Waals surface area (Å²) in [6.45, 7) is 8.03. The van der Waals surface area contributed by atoms with E-state index in [9.17, 15) is 13.2 Å². The number of nitrogens with zero attached hydrogens (tertiary/aromatic N) is 3. The molecule has 0 unspecified atom stereocenters. The van der Waals surface area contributed by atoms with Crippen LogP contribution < -0.4 is 10.2 Å². The van der Waals surface area contributed by atoms with Crippen molar-refractivity contribution in [2.75, 3.05) is 38.4 Å². The number of anilines is 2. The van der Waals surface area contributed by atoms with E-state index < -0.39 is 10.0 Å². The molecule has 0 fully saturated rings. The molecule has 2 aromatic rings.